The molecule has 0 spiro atoms. The molecule has 0 amide bonds. The van der Waals surface area contributed by atoms with E-state index < -0.39 is 0 Å². The van der Waals surface area contributed by atoms with Gasteiger partial charge >= 0.3 is 0 Å². The summed E-state index contributed by atoms with van der Waals surface area (Å²) in [5.74, 6) is 2.42. The number of aromatic nitrogens is 2. The van der Waals surface area contributed by atoms with Crippen molar-refractivity contribution in [1.82, 2.24) is 10.1 Å². The molecule has 0 fully saturated rings. The molecule has 1 aromatic carbocycles. The van der Waals surface area contributed by atoms with E-state index in [-0.39, 0.29) is 6.61 Å². The number of hydrogen-bond donors (Lipinski definition) is 1. The molecule has 2 aromatic rings. The average Bonchev–Trinajstić information content (AvgIpc) is 2.84. The van der Waals surface area contributed by atoms with Crippen molar-refractivity contribution in [3.05, 3.63) is 35.5 Å². The van der Waals surface area contributed by atoms with Crippen LogP contribution in [0.3, 0.4) is 0 Å². The largest absolute Gasteiger partial charge is 0.490 e. The van der Waals surface area contributed by atoms with E-state index in [1.54, 1.807) is 6.92 Å². The number of rotatable bonds is 7. The van der Waals surface area contributed by atoms with Crippen LogP contribution < -0.4 is 15.2 Å². The normalized spacial score (nSPS) is 10.6. The van der Waals surface area contributed by atoms with E-state index in [2.05, 4.69) is 10.1 Å². The number of nitrogens with two attached hydrogens (primary N) is 1. The van der Waals surface area contributed by atoms with E-state index in [1.807, 2.05) is 25.1 Å². The lowest BCUT2D eigenvalue weighted by atomic mass is 10.1. The molecule has 6 heteroatoms. The Bertz CT molecular complexity index is 530. The minimum absolute atomic E-state index is 0.211. The van der Waals surface area contributed by atoms with E-state index in [0.29, 0.717) is 36.4 Å². The molecule has 0 atom stereocenters. The lowest BCUT2D eigenvalue weighted by Gasteiger charge is -2.14. The van der Waals surface area contributed by atoms with Gasteiger partial charge in [0.05, 0.1) is 6.61 Å². The first-order valence-electron chi connectivity index (χ1n) is 6.61. The van der Waals surface area contributed by atoms with E-state index in [9.17, 15) is 0 Å². The molecule has 0 unspecified atom stereocenters. The summed E-state index contributed by atoms with van der Waals surface area (Å²) in [4.78, 5) is 4.11. The highest BCUT2D eigenvalue weighted by Crippen LogP contribution is 2.32. The Labute approximate surface area is 117 Å². The summed E-state index contributed by atoms with van der Waals surface area (Å²) in [6.45, 7) is 5.03. The van der Waals surface area contributed by atoms with Crippen molar-refractivity contribution in [3.8, 4) is 11.5 Å². The average molecular weight is 277 g/mol. The first-order valence-corrected chi connectivity index (χ1v) is 6.61. The summed E-state index contributed by atoms with van der Waals surface area (Å²) in [6, 6.07) is 5.78. The monoisotopic (exact) mass is 277 g/mol. The lowest BCUT2D eigenvalue weighted by Crippen LogP contribution is -2.07. The summed E-state index contributed by atoms with van der Waals surface area (Å²) in [5.41, 5.74) is 6.64. The van der Waals surface area contributed by atoms with E-state index in [1.165, 1.54) is 0 Å². The van der Waals surface area contributed by atoms with Crippen LogP contribution in [-0.4, -0.2) is 23.3 Å². The van der Waals surface area contributed by atoms with E-state index in [4.69, 9.17) is 19.7 Å². The summed E-state index contributed by atoms with van der Waals surface area (Å²) in [6.07, 6.45) is 0.721. The second-order valence-corrected chi connectivity index (χ2v) is 4.24. The summed E-state index contributed by atoms with van der Waals surface area (Å²) < 4.78 is 16.4. The van der Waals surface area contributed by atoms with Crippen LogP contribution in [0.4, 0.5) is 0 Å². The van der Waals surface area contributed by atoms with Gasteiger partial charge in [0.15, 0.2) is 23.9 Å². The molecule has 0 aliphatic carbocycles. The molecule has 108 valence electrons. The Kier molecular flexibility index (Phi) is 4.95. The third kappa shape index (κ3) is 3.48. The molecule has 2 N–H and O–H groups in total. The maximum absolute atomic E-state index is 5.80. The van der Waals surface area contributed by atoms with Crippen LogP contribution >= 0.6 is 0 Å². The Morgan fingerprint density at radius 1 is 1.30 bits per heavy atom. The quantitative estimate of drug-likeness (QED) is 0.831. The van der Waals surface area contributed by atoms with Gasteiger partial charge in [-0.15, -0.1) is 0 Å². The van der Waals surface area contributed by atoms with Crippen LogP contribution in [0.1, 0.15) is 24.2 Å². The Balaban J connectivity index is 2.18. The second kappa shape index (κ2) is 6.91. The van der Waals surface area contributed by atoms with Gasteiger partial charge in [0.1, 0.15) is 0 Å². The van der Waals surface area contributed by atoms with Gasteiger partial charge in [-0.25, -0.2) is 0 Å². The highest BCUT2D eigenvalue weighted by molar-refractivity contribution is 5.46. The molecule has 6 nitrogen and oxygen atoms in total. The van der Waals surface area contributed by atoms with Crippen molar-refractivity contribution in [3.63, 3.8) is 0 Å². The number of nitrogens with zero attached hydrogens (tertiary/aromatic N) is 2. The van der Waals surface area contributed by atoms with Crippen molar-refractivity contribution in [2.45, 2.75) is 26.9 Å². The first-order chi connectivity index (χ1) is 9.74. The van der Waals surface area contributed by atoms with Gasteiger partial charge in [-0.1, -0.05) is 17.3 Å². The molecule has 1 aromatic heterocycles. The fourth-order valence-electron chi connectivity index (χ4n) is 1.88. The van der Waals surface area contributed by atoms with Crippen LogP contribution in [0, 0.1) is 6.92 Å². The van der Waals surface area contributed by atoms with Crippen LogP contribution in [0.15, 0.2) is 22.7 Å². The third-order valence-corrected chi connectivity index (χ3v) is 2.68. The van der Waals surface area contributed by atoms with Gasteiger partial charge in [0.2, 0.25) is 0 Å². The van der Waals surface area contributed by atoms with Crippen molar-refractivity contribution in [1.29, 1.82) is 0 Å². The highest BCUT2D eigenvalue weighted by atomic mass is 16.5. The molecule has 0 aliphatic rings. The van der Waals surface area contributed by atoms with Crippen molar-refractivity contribution >= 4 is 0 Å². The molecule has 20 heavy (non-hydrogen) atoms. The molecule has 0 bridgehead atoms. The minimum atomic E-state index is 0.211. The summed E-state index contributed by atoms with van der Waals surface area (Å²) in [5, 5.41) is 3.73. The van der Waals surface area contributed by atoms with Crippen LogP contribution in [0.2, 0.25) is 0 Å². The van der Waals surface area contributed by atoms with Gasteiger partial charge < -0.3 is 19.7 Å². The predicted molar refractivity (Wildman–Crippen MR) is 73.7 cm³/mol. The first kappa shape index (κ1) is 14.3. The molecule has 1 heterocycles. The molecule has 0 radical (unpaired) electrons. The number of benzene rings is 1. The van der Waals surface area contributed by atoms with Crippen molar-refractivity contribution in [2.24, 2.45) is 5.73 Å². The Morgan fingerprint density at radius 3 is 2.80 bits per heavy atom. The molecular formula is C14H19N3O3. The zero-order valence-corrected chi connectivity index (χ0v) is 11.8. The highest BCUT2D eigenvalue weighted by Gasteiger charge is 2.12. The zero-order chi connectivity index (χ0) is 14.4. The maximum Gasteiger partial charge on any atom is 0.264 e. The Morgan fingerprint density at radius 2 is 2.15 bits per heavy atom. The number of hydrogen-bond acceptors (Lipinski definition) is 6. The van der Waals surface area contributed by atoms with Crippen molar-refractivity contribution in [2.75, 3.05) is 13.2 Å². The topological polar surface area (TPSA) is 83.4 Å². The zero-order valence-electron chi connectivity index (χ0n) is 11.8. The van der Waals surface area contributed by atoms with Gasteiger partial charge in [-0.05, 0) is 38.4 Å². The second-order valence-electron chi connectivity index (χ2n) is 4.24. The number of ether oxygens (including phenoxy) is 2. The standard InChI is InChI=1S/C14H19N3O3/c1-3-18-12-6-4-5-11(7-8-15)14(12)19-9-13-16-10(2)17-20-13/h4-6H,3,7-9,15H2,1-2H3. The maximum atomic E-state index is 5.80. The van der Waals surface area contributed by atoms with Crippen LogP contribution in [-0.2, 0) is 13.0 Å². The summed E-state index contributed by atoms with van der Waals surface area (Å²) in [7, 11) is 0. The number of aryl methyl sites for hydroxylation is 1. The van der Waals surface area contributed by atoms with Gasteiger partial charge in [-0.2, -0.15) is 4.98 Å². The van der Waals surface area contributed by atoms with Gasteiger partial charge in [-0.3, -0.25) is 0 Å². The molecule has 0 saturated heterocycles. The van der Waals surface area contributed by atoms with E-state index >= 15 is 0 Å². The predicted octanol–water partition coefficient (Wildman–Crippen LogP) is 1.86. The third-order valence-electron chi connectivity index (χ3n) is 2.68. The van der Waals surface area contributed by atoms with Gasteiger partial charge in [0.25, 0.3) is 5.89 Å². The smallest absolute Gasteiger partial charge is 0.264 e. The molecule has 0 saturated carbocycles. The van der Waals surface area contributed by atoms with Crippen LogP contribution in [0.25, 0.3) is 0 Å². The number of para-hydroxylation sites is 1. The fourth-order valence-corrected chi connectivity index (χ4v) is 1.88. The SMILES string of the molecule is CCOc1cccc(CCN)c1OCc1nc(C)no1. The fraction of sp³-hybridized carbons (Fsp3) is 0.429. The van der Waals surface area contributed by atoms with Crippen molar-refractivity contribution < 1.29 is 14.0 Å². The molecular weight excluding hydrogens is 258 g/mol. The van der Waals surface area contributed by atoms with E-state index in [0.717, 1.165) is 12.0 Å². The molecule has 0 aliphatic heterocycles. The minimum Gasteiger partial charge on any atom is -0.490 e. The van der Waals surface area contributed by atoms with Crippen LogP contribution in [0.5, 0.6) is 11.5 Å². The Hall–Kier alpha value is -2.08. The lowest BCUT2D eigenvalue weighted by molar-refractivity contribution is 0.226. The van der Waals surface area contributed by atoms with Gasteiger partial charge in [0, 0.05) is 0 Å². The molecule has 2 rings (SSSR count). The summed E-state index contributed by atoms with van der Waals surface area (Å²) >= 11 is 0.